The smallest absolute Gasteiger partial charge is 0.129 e. The van der Waals surface area contributed by atoms with Crippen LogP contribution in [0.4, 0.5) is 0 Å². The fraction of sp³-hybridized carbons (Fsp3) is 0.455. The fourth-order valence-corrected chi connectivity index (χ4v) is 0.937. The molecule has 1 aromatic rings. The van der Waals surface area contributed by atoms with Gasteiger partial charge in [0.25, 0.3) is 0 Å². The predicted molar refractivity (Wildman–Crippen MR) is 54.1 cm³/mol. The quantitative estimate of drug-likeness (QED) is 0.649. The average molecular weight is 166 g/mol. The Balaban J connectivity index is 0.000000561. The minimum absolute atomic E-state index is 0.991. The first-order chi connectivity index (χ1) is 5.88. The third-order valence-electron chi connectivity index (χ3n) is 1.48. The second-order valence-corrected chi connectivity index (χ2v) is 2.16. The lowest BCUT2D eigenvalue weighted by Gasteiger charge is -1.89. The van der Waals surface area contributed by atoms with Crippen molar-refractivity contribution in [1.29, 1.82) is 0 Å². The van der Waals surface area contributed by atoms with Crippen LogP contribution in [-0.2, 0) is 6.42 Å². The molecule has 1 nitrogen and oxygen atoms in total. The third-order valence-corrected chi connectivity index (χ3v) is 1.48. The second kappa shape index (κ2) is 6.71. The molecule has 0 amide bonds. The van der Waals surface area contributed by atoms with Gasteiger partial charge in [0.1, 0.15) is 5.76 Å². The van der Waals surface area contributed by atoms with Gasteiger partial charge in [-0.15, -0.1) is 0 Å². The van der Waals surface area contributed by atoms with Crippen LogP contribution in [0.25, 0.3) is 6.08 Å². The van der Waals surface area contributed by atoms with Crippen molar-refractivity contribution in [2.24, 2.45) is 0 Å². The standard InChI is InChI=1S/C9H12O.C2H6/c1-3-5-9-8(4-2)6-7-10-9;1-2/h3,5-7H,4H2,1-2H3;1-2H3/b5-3-;. The van der Waals surface area contributed by atoms with Gasteiger partial charge in [-0.1, -0.05) is 26.8 Å². The minimum Gasteiger partial charge on any atom is -0.465 e. The maximum absolute atomic E-state index is 5.21. The van der Waals surface area contributed by atoms with Crippen molar-refractivity contribution in [1.82, 2.24) is 0 Å². The first-order valence-electron chi connectivity index (χ1n) is 4.57. The van der Waals surface area contributed by atoms with E-state index in [4.69, 9.17) is 4.42 Å². The Labute approximate surface area is 75.1 Å². The maximum Gasteiger partial charge on any atom is 0.129 e. The SMILES string of the molecule is C/C=C\c1occc1CC.CC. The van der Waals surface area contributed by atoms with E-state index in [1.165, 1.54) is 5.56 Å². The lowest BCUT2D eigenvalue weighted by atomic mass is 10.2. The molecule has 0 aliphatic heterocycles. The molecule has 0 aromatic carbocycles. The van der Waals surface area contributed by atoms with E-state index in [9.17, 15) is 0 Å². The fourth-order valence-electron chi connectivity index (χ4n) is 0.937. The summed E-state index contributed by atoms with van der Waals surface area (Å²) in [6.07, 6.45) is 6.74. The zero-order chi connectivity index (χ0) is 9.40. The largest absolute Gasteiger partial charge is 0.465 e. The van der Waals surface area contributed by atoms with Gasteiger partial charge in [0.15, 0.2) is 0 Å². The topological polar surface area (TPSA) is 13.1 Å². The molecule has 0 bridgehead atoms. The number of hydrogen-bond acceptors (Lipinski definition) is 1. The van der Waals surface area contributed by atoms with Gasteiger partial charge >= 0.3 is 0 Å². The first-order valence-corrected chi connectivity index (χ1v) is 4.57. The highest BCUT2D eigenvalue weighted by Crippen LogP contribution is 2.12. The summed E-state index contributed by atoms with van der Waals surface area (Å²) in [5, 5.41) is 0. The molecule has 0 spiro atoms. The Kier molecular flexibility index (Phi) is 6.16. The normalized spacial score (nSPS) is 9.67. The van der Waals surface area contributed by atoms with Gasteiger partial charge in [-0.05, 0) is 31.1 Å². The van der Waals surface area contributed by atoms with Crippen molar-refractivity contribution >= 4 is 6.08 Å². The molecule has 1 aromatic heterocycles. The molecule has 0 fully saturated rings. The number of furan rings is 1. The first kappa shape index (κ1) is 11.0. The van der Waals surface area contributed by atoms with E-state index in [1.807, 2.05) is 39.0 Å². The minimum atomic E-state index is 0.991. The molecule has 1 heterocycles. The number of aryl methyl sites for hydroxylation is 1. The second-order valence-electron chi connectivity index (χ2n) is 2.16. The molecule has 0 N–H and O–H groups in total. The van der Waals surface area contributed by atoms with Crippen LogP contribution >= 0.6 is 0 Å². The van der Waals surface area contributed by atoms with E-state index in [-0.39, 0.29) is 0 Å². The van der Waals surface area contributed by atoms with Crippen molar-refractivity contribution in [2.45, 2.75) is 34.1 Å². The van der Waals surface area contributed by atoms with Crippen molar-refractivity contribution < 1.29 is 4.42 Å². The Bertz CT molecular complexity index is 221. The van der Waals surface area contributed by atoms with E-state index < -0.39 is 0 Å². The molecule has 0 aliphatic carbocycles. The summed E-state index contributed by atoms with van der Waals surface area (Å²) in [7, 11) is 0. The highest BCUT2D eigenvalue weighted by atomic mass is 16.3. The van der Waals surface area contributed by atoms with Crippen LogP contribution in [0.1, 0.15) is 39.0 Å². The van der Waals surface area contributed by atoms with Gasteiger partial charge in [-0.25, -0.2) is 0 Å². The summed E-state index contributed by atoms with van der Waals surface area (Å²) >= 11 is 0. The van der Waals surface area contributed by atoms with Crippen LogP contribution in [0.3, 0.4) is 0 Å². The Morgan fingerprint density at radius 1 is 1.42 bits per heavy atom. The molecule has 0 unspecified atom stereocenters. The monoisotopic (exact) mass is 166 g/mol. The lowest BCUT2D eigenvalue weighted by Crippen LogP contribution is -1.76. The summed E-state index contributed by atoms with van der Waals surface area (Å²) in [6, 6.07) is 2.01. The molecular weight excluding hydrogens is 148 g/mol. The molecule has 0 saturated heterocycles. The summed E-state index contributed by atoms with van der Waals surface area (Å²) in [4.78, 5) is 0. The zero-order valence-corrected chi connectivity index (χ0v) is 8.42. The van der Waals surface area contributed by atoms with Crippen LogP contribution in [0.2, 0.25) is 0 Å². The Hall–Kier alpha value is -0.980. The molecule has 0 aliphatic rings. The highest BCUT2D eigenvalue weighted by Gasteiger charge is 1.97. The number of hydrogen-bond donors (Lipinski definition) is 0. The Morgan fingerprint density at radius 2 is 2.08 bits per heavy atom. The van der Waals surface area contributed by atoms with Gasteiger partial charge in [-0.2, -0.15) is 0 Å². The van der Waals surface area contributed by atoms with E-state index in [0.29, 0.717) is 0 Å². The molecule has 1 heteroatoms. The van der Waals surface area contributed by atoms with E-state index in [0.717, 1.165) is 12.2 Å². The third kappa shape index (κ3) is 2.95. The van der Waals surface area contributed by atoms with Crippen molar-refractivity contribution in [3.63, 3.8) is 0 Å². The van der Waals surface area contributed by atoms with Gasteiger partial charge in [0.2, 0.25) is 0 Å². The van der Waals surface area contributed by atoms with Crippen LogP contribution in [0.15, 0.2) is 22.8 Å². The van der Waals surface area contributed by atoms with Gasteiger partial charge in [-0.3, -0.25) is 0 Å². The number of allylic oxidation sites excluding steroid dienone is 1. The average Bonchev–Trinajstić information content (AvgIpc) is 2.56. The van der Waals surface area contributed by atoms with Crippen molar-refractivity contribution in [2.75, 3.05) is 0 Å². The van der Waals surface area contributed by atoms with Crippen LogP contribution < -0.4 is 0 Å². The lowest BCUT2D eigenvalue weighted by molar-refractivity contribution is 0.553. The predicted octanol–water partition coefficient (Wildman–Crippen LogP) is 3.90. The summed E-state index contributed by atoms with van der Waals surface area (Å²) in [6.45, 7) is 8.11. The molecule has 0 radical (unpaired) electrons. The molecule has 0 atom stereocenters. The zero-order valence-electron chi connectivity index (χ0n) is 8.42. The van der Waals surface area contributed by atoms with Crippen molar-refractivity contribution in [3.05, 3.63) is 29.7 Å². The summed E-state index contributed by atoms with van der Waals surface area (Å²) in [5.41, 5.74) is 1.28. The molecular formula is C11H18O. The molecule has 68 valence electrons. The number of rotatable bonds is 2. The molecule has 1 rings (SSSR count). The Morgan fingerprint density at radius 3 is 2.58 bits per heavy atom. The van der Waals surface area contributed by atoms with Crippen LogP contribution in [0, 0.1) is 0 Å². The van der Waals surface area contributed by atoms with Crippen LogP contribution in [-0.4, -0.2) is 0 Å². The van der Waals surface area contributed by atoms with Crippen molar-refractivity contribution in [3.8, 4) is 0 Å². The van der Waals surface area contributed by atoms with Gasteiger partial charge < -0.3 is 4.42 Å². The molecule has 12 heavy (non-hydrogen) atoms. The molecule has 0 saturated carbocycles. The van der Waals surface area contributed by atoms with Crippen LogP contribution in [0.5, 0.6) is 0 Å². The summed E-state index contributed by atoms with van der Waals surface area (Å²) in [5.74, 6) is 0.991. The highest BCUT2D eigenvalue weighted by molar-refractivity contribution is 5.46. The summed E-state index contributed by atoms with van der Waals surface area (Å²) < 4.78 is 5.21. The maximum atomic E-state index is 5.21. The van der Waals surface area contributed by atoms with E-state index >= 15 is 0 Å². The van der Waals surface area contributed by atoms with Gasteiger partial charge in [0, 0.05) is 0 Å². The van der Waals surface area contributed by atoms with E-state index in [1.54, 1.807) is 6.26 Å². The van der Waals surface area contributed by atoms with E-state index in [2.05, 4.69) is 6.92 Å². The van der Waals surface area contributed by atoms with Gasteiger partial charge in [0.05, 0.1) is 6.26 Å².